The number of nitriles is 2. The van der Waals surface area contributed by atoms with Crippen LogP contribution in [0.2, 0.25) is 0 Å². The van der Waals surface area contributed by atoms with Gasteiger partial charge in [0.15, 0.2) is 0 Å². The van der Waals surface area contributed by atoms with Crippen LogP contribution in [0.5, 0.6) is 0 Å². The lowest BCUT2D eigenvalue weighted by atomic mass is 9.73. The number of fused-ring (bicyclic) bond motifs is 2. The minimum Gasteiger partial charge on any atom is -0.309 e. The average molecular weight is 1020 g/mol. The molecule has 0 aliphatic carbocycles. The van der Waals surface area contributed by atoms with E-state index in [1.54, 1.807) is 0 Å². The predicted octanol–water partition coefficient (Wildman–Crippen LogP) is 20.4. The number of rotatable bonds is 6. The van der Waals surface area contributed by atoms with Crippen LogP contribution in [0, 0.1) is 22.7 Å². The van der Waals surface area contributed by atoms with E-state index in [2.05, 4.69) is 269 Å². The summed E-state index contributed by atoms with van der Waals surface area (Å²) >= 11 is 0. The summed E-state index contributed by atoms with van der Waals surface area (Å²) in [5.74, 6) is 0. The highest BCUT2D eigenvalue weighted by Crippen LogP contribution is 2.49. The van der Waals surface area contributed by atoms with Gasteiger partial charge in [-0.1, -0.05) is 187 Å². The lowest BCUT2D eigenvalue weighted by molar-refractivity contribution is 0.593. The first-order valence-electron chi connectivity index (χ1n) is 27.7. The standard InChI is InChI=1S/C76H54N4/c1-75(2,3)73-61-29-25-50(46-19-23-48(24-20-46)56-36-40-68-72-60(56)34-32-58-52(44-78)28-38-66(70(58)72)80(68)54-15-11-8-12-16-54)42-64(61)74(76(4,5)6)62-30-26-49(41-63(62)73)45-17-21-47(22-18-45)55-35-39-67-71-59(55)33-31-57-51(43-77)27-37-65(69(57)71)79(67)53-13-9-7-10-14-53/h7-42H,1-6H3. The topological polar surface area (TPSA) is 57.4 Å². The summed E-state index contributed by atoms with van der Waals surface area (Å²) in [6, 6.07) is 84.3. The van der Waals surface area contributed by atoms with Crippen LogP contribution < -0.4 is 0 Å². The van der Waals surface area contributed by atoms with Gasteiger partial charge in [0.1, 0.15) is 0 Å². The lowest BCUT2D eigenvalue weighted by Crippen LogP contribution is -2.17. The third kappa shape index (κ3) is 6.92. The number of nitrogens with zero attached hydrogens (tertiary/aromatic N) is 4. The molecule has 80 heavy (non-hydrogen) atoms. The Morgan fingerprint density at radius 2 is 0.600 bits per heavy atom. The summed E-state index contributed by atoms with van der Waals surface area (Å²) in [7, 11) is 0. The molecule has 0 saturated heterocycles. The summed E-state index contributed by atoms with van der Waals surface area (Å²) in [5.41, 5.74) is 19.9. The minimum absolute atomic E-state index is 0.149. The summed E-state index contributed by atoms with van der Waals surface area (Å²) < 4.78 is 4.67. The van der Waals surface area contributed by atoms with Crippen molar-refractivity contribution in [3.05, 3.63) is 241 Å². The Morgan fingerprint density at radius 3 is 0.963 bits per heavy atom. The molecule has 15 rings (SSSR count). The van der Waals surface area contributed by atoms with Gasteiger partial charge in [-0.15, -0.1) is 0 Å². The zero-order chi connectivity index (χ0) is 54.3. The van der Waals surface area contributed by atoms with Gasteiger partial charge < -0.3 is 9.13 Å². The van der Waals surface area contributed by atoms with E-state index in [-0.39, 0.29) is 10.8 Å². The summed E-state index contributed by atoms with van der Waals surface area (Å²) in [6.45, 7) is 14.1. The zero-order valence-corrected chi connectivity index (χ0v) is 45.6. The van der Waals surface area contributed by atoms with E-state index in [9.17, 15) is 10.5 Å². The Morgan fingerprint density at radius 1 is 0.287 bits per heavy atom. The van der Waals surface area contributed by atoms with Crippen molar-refractivity contribution in [3.63, 3.8) is 0 Å². The minimum atomic E-state index is -0.149. The van der Waals surface area contributed by atoms with Crippen molar-refractivity contribution >= 4 is 86.7 Å². The molecule has 0 aliphatic heterocycles. The van der Waals surface area contributed by atoms with Crippen molar-refractivity contribution < 1.29 is 0 Å². The molecule has 0 spiro atoms. The van der Waals surface area contributed by atoms with E-state index in [4.69, 9.17) is 0 Å². The molecule has 2 aromatic heterocycles. The Hall–Kier alpha value is -10.0. The largest absolute Gasteiger partial charge is 0.309 e. The molecule has 0 N–H and O–H groups in total. The zero-order valence-electron chi connectivity index (χ0n) is 45.6. The molecule has 4 nitrogen and oxygen atoms in total. The molecular weight excluding hydrogens is 969 g/mol. The third-order valence-electron chi connectivity index (χ3n) is 17.1. The van der Waals surface area contributed by atoms with Crippen LogP contribution in [0.4, 0.5) is 0 Å². The number of benzene rings is 13. The second kappa shape index (κ2) is 17.2. The van der Waals surface area contributed by atoms with Gasteiger partial charge in [-0.05, 0) is 172 Å². The maximum Gasteiger partial charge on any atom is 0.0998 e. The number of hydrogen-bond acceptors (Lipinski definition) is 2. The van der Waals surface area contributed by atoms with Crippen LogP contribution in [0.15, 0.2) is 218 Å². The first kappa shape index (κ1) is 47.2. The van der Waals surface area contributed by atoms with Crippen LogP contribution in [-0.2, 0) is 10.8 Å². The Labute approximate surface area is 464 Å². The highest BCUT2D eigenvalue weighted by molar-refractivity contribution is 6.29. The van der Waals surface area contributed by atoms with Crippen molar-refractivity contribution in [3.8, 4) is 68.0 Å². The number of para-hydroxylation sites is 2. The van der Waals surface area contributed by atoms with Crippen LogP contribution in [0.25, 0.3) is 143 Å². The fourth-order valence-corrected chi connectivity index (χ4v) is 13.8. The second-order valence-electron chi connectivity index (χ2n) is 23.8. The van der Waals surface area contributed by atoms with Crippen molar-refractivity contribution in [2.24, 2.45) is 0 Å². The van der Waals surface area contributed by atoms with Crippen molar-refractivity contribution in [1.82, 2.24) is 9.13 Å². The molecule has 15 aromatic rings. The Kier molecular flexibility index (Phi) is 10.2. The van der Waals surface area contributed by atoms with Gasteiger partial charge in [-0.3, -0.25) is 0 Å². The van der Waals surface area contributed by atoms with Gasteiger partial charge in [0, 0.05) is 43.7 Å². The normalized spacial score (nSPS) is 12.3. The number of aromatic nitrogens is 2. The second-order valence-corrected chi connectivity index (χ2v) is 23.8. The molecule has 378 valence electrons. The molecule has 0 atom stereocenters. The molecule has 13 aromatic carbocycles. The molecule has 0 aliphatic rings. The SMILES string of the molecule is CC(C)(C)c1c2ccc(-c3ccc(-c4ccc5c6c4ccc4c(C#N)ccc(c46)n5-c4ccccc4)cc3)cc2c(C(C)(C)C)c2ccc(-c3ccc(-c4ccc5c6c4ccc4c(C#N)ccc(c46)n5-c4ccccc4)cc3)cc12. The molecule has 2 heterocycles. The van der Waals surface area contributed by atoms with Crippen LogP contribution in [0.3, 0.4) is 0 Å². The monoisotopic (exact) mass is 1020 g/mol. The number of hydrogen-bond donors (Lipinski definition) is 0. The van der Waals surface area contributed by atoms with Crippen LogP contribution >= 0.6 is 0 Å². The van der Waals surface area contributed by atoms with Gasteiger partial charge in [0.25, 0.3) is 0 Å². The van der Waals surface area contributed by atoms with Gasteiger partial charge in [-0.2, -0.15) is 10.5 Å². The van der Waals surface area contributed by atoms with E-state index in [0.29, 0.717) is 11.1 Å². The molecule has 0 amide bonds. The van der Waals surface area contributed by atoms with Crippen LogP contribution in [0.1, 0.15) is 63.8 Å². The molecule has 0 saturated carbocycles. The third-order valence-corrected chi connectivity index (χ3v) is 17.1. The van der Waals surface area contributed by atoms with E-state index in [0.717, 1.165) is 66.1 Å². The molecule has 0 unspecified atom stereocenters. The molecular formula is C76H54N4. The highest BCUT2D eigenvalue weighted by atomic mass is 15.0. The van der Waals surface area contributed by atoms with E-state index in [1.807, 2.05) is 12.1 Å². The smallest absolute Gasteiger partial charge is 0.0998 e. The van der Waals surface area contributed by atoms with Crippen molar-refractivity contribution in [2.45, 2.75) is 52.4 Å². The Bertz CT molecular complexity index is 4780. The first-order chi connectivity index (χ1) is 38.9. The molecule has 4 heteroatoms. The predicted molar refractivity (Wildman–Crippen MR) is 336 cm³/mol. The fraction of sp³-hybridized carbons (Fsp3) is 0.105. The summed E-state index contributed by atoms with van der Waals surface area (Å²) in [6.07, 6.45) is 0. The van der Waals surface area contributed by atoms with Crippen LogP contribution in [-0.4, -0.2) is 9.13 Å². The van der Waals surface area contributed by atoms with E-state index in [1.165, 1.54) is 87.6 Å². The maximum atomic E-state index is 10.2. The fourth-order valence-electron chi connectivity index (χ4n) is 13.8. The molecule has 0 bridgehead atoms. The van der Waals surface area contributed by atoms with Crippen molar-refractivity contribution in [1.29, 1.82) is 10.5 Å². The molecule has 0 radical (unpaired) electrons. The van der Waals surface area contributed by atoms with Gasteiger partial charge >= 0.3 is 0 Å². The van der Waals surface area contributed by atoms with Gasteiger partial charge in [0.05, 0.1) is 45.3 Å². The molecule has 0 fully saturated rings. The van der Waals surface area contributed by atoms with E-state index < -0.39 is 0 Å². The summed E-state index contributed by atoms with van der Waals surface area (Å²) in [5, 5.41) is 34.5. The highest BCUT2D eigenvalue weighted by Gasteiger charge is 2.29. The first-order valence-corrected chi connectivity index (χ1v) is 27.7. The van der Waals surface area contributed by atoms with Crippen molar-refractivity contribution in [2.75, 3.05) is 0 Å². The summed E-state index contributed by atoms with van der Waals surface area (Å²) in [4.78, 5) is 0. The quantitative estimate of drug-likeness (QED) is 0.123. The van der Waals surface area contributed by atoms with E-state index >= 15 is 0 Å². The lowest BCUT2D eigenvalue weighted by Gasteiger charge is -2.31. The van der Waals surface area contributed by atoms with Gasteiger partial charge in [-0.25, -0.2) is 0 Å². The average Bonchev–Trinajstić information content (AvgIpc) is 4.04. The maximum absolute atomic E-state index is 10.2. The van der Waals surface area contributed by atoms with Gasteiger partial charge in [0.2, 0.25) is 0 Å². The Balaban J connectivity index is 0.812.